The summed E-state index contributed by atoms with van der Waals surface area (Å²) < 4.78 is 0. The Kier molecular flexibility index (Phi) is 4.06. The summed E-state index contributed by atoms with van der Waals surface area (Å²) in [6.45, 7) is 9.13. The fourth-order valence-corrected chi connectivity index (χ4v) is 2.53. The van der Waals surface area contributed by atoms with E-state index < -0.39 is 0 Å². The molecule has 2 nitrogen and oxygen atoms in total. The molecule has 94 valence electrons. The lowest BCUT2D eigenvalue weighted by molar-refractivity contribution is 0.316. The van der Waals surface area contributed by atoms with Gasteiger partial charge in [-0.3, -0.25) is 0 Å². The number of anilines is 1. The fourth-order valence-electron chi connectivity index (χ4n) is 2.53. The van der Waals surface area contributed by atoms with Gasteiger partial charge in [-0.05, 0) is 25.0 Å². The van der Waals surface area contributed by atoms with Gasteiger partial charge in [-0.2, -0.15) is 0 Å². The second kappa shape index (κ2) is 5.54. The Morgan fingerprint density at radius 2 is 2.06 bits per heavy atom. The number of para-hydroxylation sites is 1. The van der Waals surface area contributed by atoms with Gasteiger partial charge < -0.3 is 10.2 Å². The maximum absolute atomic E-state index is 3.68. The zero-order valence-corrected chi connectivity index (χ0v) is 11.2. The third-order valence-corrected chi connectivity index (χ3v) is 4.02. The lowest BCUT2D eigenvalue weighted by Crippen LogP contribution is -2.57. The molecule has 17 heavy (non-hydrogen) atoms. The maximum atomic E-state index is 3.68. The summed E-state index contributed by atoms with van der Waals surface area (Å²) in [5, 5.41) is 3.68. The van der Waals surface area contributed by atoms with Gasteiger partial charge in [-0.15, -0.1) is 0 Å². The van der Waals surface area contributed by atoms with Crippen LogP contribution in [0.4, 0.5) is 5.69 Å². The van der Waals surface area contributed by atoms with Gasteiger partial charge in [0.05, 0.1) is 0 Å². The first kappa shape index (κ1) is 12.4. The van der Waals surface area contributed by atoms with E-state index in [2.05, 4.69) is 61.3 Å². The Morgan fingerprint density at radius 3 is 2.71 bits per heavy atom. The van der Waals surface area contributed by atoms with Gasteiger partial charge in [0.2, 0.25) is 0 Å². The predicted octanol–water partition coefficient (Wildman–Crippen LogP) is 2.90. The van der Waals surface area contributed by atoms with Crippen molar-refractivity contribution in [1.29, 1.82) is 0 Å². The topological polar surface area (TPSA) is 15.3 Å². The van der Waals surface area contributed by atoms with Gasteiger partial charge in [-0.1, -0.05) is 38.5 Å². The van der Waals surface area contributed by atoms with Crippen LogP contribution in [0.5, 0.6) is 0 Å². The molecule has 0 radical (unpaired) electrons. The van der Waals surface area contributed by atoms with Gasteiger partial charge in [0, 0.05) is 30.9 Å². The molecule has 1 aromatic rings. The van der Waals surface area contributed by atoms with E-state index in [1.165, 1.54) is 12.1 Å². The first-order valence-corrected chi connectivity index (χ1v) is 6.77. The molecule has 1 aliphatic heterocycles. The van der Waals surface area contributed by atoms with Crippen molar-refractivity contribution >= 4 is 5.69 Å². The van der Waals surface area contributed by atoms with Crippen LogP contribution in [-0.2, 0) is 0 Å². The van der Waals surface area contributed by atoms with Crippen LogP contribution < -0.4 is 10.2 Å². The Labute approximate surface area is 105 Å². The first-order chi connectivity index (χ1) is 8.22. The third-order valence-electron chi connectivity index (χ3n) is 4.02. The van der Waals surface area contributed by atoms with E-state index in [1.54, 1.807) is 0 Å². The normalized spacial score (nSPS) is 26.9. The van der Waals surface area contributed by atoms with E-state index in [-0.39, 0.29) is 0 Å². The Bertz CT molecular complexity index is 336. The summed E-state index contributed by atoms with van der Waals surface area (Å²) in [7, 11) is 0. The van der Waals surface area contributed by atoms with Crippen molar-refractivity contribution in [3.05, 3.63) is 30.3 Å². The minimum absolute atomic E-state index is 0.581. The molecule has 0 saturated carbocycles. The van der Waals surface area contributed by atoms with Crippen LogP contribution in [0.25, 0.3) is 0 Å². The second-order valence-corrected chi connectivity index (χ2v) is 5.24. The molecule has 1 N–H and O–H groups in total. The average molecular weight is 232 g/mol. The molecule has 1 aromatic carbocycles. The van der Waals surface area contributed by atoms with Crippen LogP contribution in [0.2, 0.25) is 0 Å². The predicted molar refractivity (Wildman–Crippen MR) is 74.5 cm³/mol. The minimum Gasteiger partial charge on any atom is -0.366 e. The van der Waals surface area contributed by atoms with E-state index in [9.17, 15) is 0 Å². The SMILES string of the molecule is CCC(C)C1CN(c2ccccc2)C(C)CN1. The lowest BCUT2D eigenvalue weighted by atomic mass is 9.95. The van der Waals surface area contributed by atoms with E-state index in [1.807, 2.05) is 0 Å². The number of benzene rings is 1. The molecule has 2 heteroatoms. The maximum Gasteiger partial charge on any atom is 0.0387 e. The van der Waals surface area contributed by atoms with Crippen molar-refractivity contribution in [1.82, 2.24) is 5.32 Å². The summed E-state index contributed by atoms with van der Waals surface area (Å²) in [4.78, 5) is 2.54. The lowest BCUT2D eigenvalue weighted by Gasteiger charge is -2.42. The molecule has 1 fully saturated rings. The smallest absolute Gasteiger partial charge is 0.0387 e. The Balaban J connectivity index is 2.10. The minimum atomic E-state index is 0.581. The molecule has 2 rings (SSSR count). The molecular weight excluding hydrogens is 208 g/mol. The largest absolute Gasteiger partial charge is 0.366 e. The van der Waals surface area contributed by atoms with Crippen LogP contribution in [0, 0.1) is 5.92 Å². The Morgan fingerprint density at radius 1 is 1.35 bits per heavy atom. The molecule has 0 bridgehead atoms. The number of rotatable bonds is 3. The number of hydrogen-bond acceptors (Lipinski definition) is 2. The fraction of sp³-hybridized carbons (Fsp3) is 0.600. The van der Waals surface area contributed by atoms with E-state index in [0.29, 0.717) is 12.1 Å². The Hall–Kier alpha value is -1.02. The van der Waals surface area contributed by atoms with Gasteiger partial charge in [0.1, 0.15) is 0 Å². The van der Waals surface area contributed by atoms with Gasteiger partial charge in [0.15, 0.2) is 0 Å². The standard InChI is InChI=1S/C15H24N2/c1-4-12(2)15-11-17(13(3)10-16-15)14-8-6-5-7-9-14/h5-9,12-13,15-16H,4,10-11H2,1-3H3. The number of piperazine rings is 1. The molecular formula is C15H24N2. The molecule has 1 saturated heterocycles. The zero-order valence-electron chi connectivity index (χ0n) is 11.2. The first-order valence-electron chi connectivity index (χ1n) is 6.77. The van der Waals surface area contributed by atoms with Crippen molar-refractivity contribution in [3.8, 4) is 0 Å². The van der Waals surface area contributed by atoms with Crippen LogP contribution >= 0.6 is 0 Å². The van der Waals surface area contributed by atoms with E-state index >= 15 is 0 Å². The van der Waals surface area contributed by atoms with Crippen molar-refractivity contribution in [2.45, 2.75) is 39.3 Å². The van der Waals surface area contributed by atoms with E-state index in [0.717, 1.165) is 19.0 Å². The third kappa shape index (κ3) is 2.81. The van der Waals surface area contributed by atoms with Crippen LogP contribution in [0.15, 0.2) is 30.3 Å². The summed E-state index contributed by atoms with van der Waals surface area (Å²) >= 11 is 0. The van der Waals surface area contributed by atoms with Crippen LogP contribution in [0.1, 0.15) is 27.2 Å². The summed E-state index contributed by atoms with van der Waals surface area (Å²) in [5.74, 6) is 0.744. The summed E-state index contributed by atoms with van der Waals surface area (Å²) in [5.41, 5.74) is 1.36. The molecule has 3 atom stereocenters. The van der Waals surface area contributed by atoms with Gasteiger partial charge in [0.25, 0.3) is 0 Å². The van der Waals surface area contributed by atoms with Gasteiger partial charge >= 0.3 is 0 Å². The number of nitrogens with one attached hydrogen (secondary N) is 1. The highest BCUT2D eigenvalue weighted by Crippen LogP contribution is 2.22. The van der Waals surface area contributed by atoms with Crippen molar-refractivity contribution in [3.63, 3.8) is 0 Å². The molecule has 0 spiro atoms. The van der Waals surface area contributed by atoms with Gasteiger partial charge in [-0.25, -0.2) is 0 Å². The van der Waals surface area contributed by atoms with Crippen molar-refractivity contribution in [2.24, 2.45) is 5.92 Å². The molecule has 0 aromatic heterocycles. The zero-order chi connectivity index (χ0) is 12.3. The average Bonchev–Trinajstić information content (AvgIpc) is 2.39. The number of nitrogens with zero attached hydrogens (tertiary/aromatic N) is 1. The van der Waals surface area contributed by atoms with Crippen LogP contribution in [-0.4, -0.2) is 25.2 Å². The van der Waals surface area contributed by atoms with Crippen LogP contribution in [0.3, 0.4) is 0 Å². The summed E-state index contributed by atoms with van der Waals surface area (Å²) in [6, 6.07) is 12.0. The molecule has 3 unspecified atom stereocenters. The highest BCUT2D eigenvalue weighted by Gasteiger charge is 2.27. The monoisotopic (exact) mass is 232 g/mol. The number of hydrogen-bond donors (Lipinski definition) is 1. The van der Waals surface area contributed by atoms with Crippen molar-refractivity contribution < 1.29 is 0 Å². The molecule has 0 aliphatic carbocycles. The highest BCUT2D eigenvalue weighted by molar-refractivity contribution is 5.47. The molecule has 0 amide bonds. The molecule has 1 aliphatic rings. The molecule has 1 heterocycles. The second-order valence-electron chi connectivity index (χ2n) is 5.24. The quantitative estimate of drug-likeness (QED) is 0.862. The highest BCUT2D eigenvalue weighted by atomic mass is 15.2. The van der Waals surface area contributed by atoms with E-state index in [4.69, 9.17) is 0 Å². The van der Waals surface area contributed by atoms with Crippen molar-refractivity contribution in [2.75, 3.05) is 18.0 Å². The summed E-state index contributed by atoms with van der Waals surface area (Å²) in [6.07, 6.45) is 1.24.